The van der Waals surface area contributed by atoms with Crippen LogP contribution in [0.4, 0.5) is 8.78 Å². The molecule has 0 spiro atoms. The summed E-state index contributed by atoms with van der Waals surface area (Å²) in [5.74, 6) is 0.624. The van der Waals surface area contributed by atoms with Crippen LogP contribution in [-0.4, -0.2) is 11.3 Å². The van der Waals surface area contributed by atoms with Gasteiger partial charge in [-0.1, -0.05) is 44.7 Å². The summed E-state index contributed by atoms with van der Waals surface area (Å²) in [5, 5.41) is 9.19. The maximum Gasteiger partial charge on any atom is 0.156 e. The average molecular weight is 282 g/mol. The highest BCUT2D eigenvalue weighted by molar-refractivity contribution is 5.28. The molecule has 3 heteroatoms. The maximum absolute atomic E-state index is 14.3. The molecule has 0 saturated heterocycles. The van der Waals surface area contributed by atoms with Crippen LogP contribution in [0.3, 0.4) is 0 Å². The van der Waals surface area contributed by atoms with Crippen molar-refractivity contribution in [3.63, 3.8) is 0 Å². The highest BCUT2D eigenvalue weighted by Crippen LogP contribution is 2.39. The van der Waals surface area contributed by atoms with Crippen molar-refractivity contribution >= 4 is 0 Å². The van der Waals surface area contributed by atoms with Gasteiger partial charge in [-0.25, -0.2) is 8.78 Å². The molecule has 1 aliphatic carbocycles. The van der Waals surface area contributed by atoms with Gasteiger partial charge in [0.25, 0.3) is 0 Å². The second-order valence-corrected chi connectivity index (χ2v) is 6.01. The number of phenolic OH excluding ortho intramolecular Hbond substituents is 1. The molecule has 0 bridgehead atoms. The van der Waals surface area contributed by atoms with Crippen LogP contribution in [0, 0.1) is 11.8 Å². The van der Waals surface area contributed by atoms with Crippen LogP contribution in [0.5, 0.6) is 5.75 Å². The Morgan fingerprint density at radius 3 is 2.25 bits per heavy atom. The van der Waals surface area contributed by atoms with E-state index in [0.717, 1.165) is 25.7 Å². The highest BCUT2D eigenvalue weighted by Gasteiger charge is 2.33. The van der Waals surface area contributed by atoms with Crippen molar-refractivity contribution in [2.45, 2.75) is 57.8 Å². The van der Waals surface area contributed by atoms with Crippen LogP contribution in [0.25, 0.3) is 0 Å². The summed E-state index contributed by atoms with van der Waals surface area (Å²) in [5.41, 5.74) is 0.325. The molecule has 2 rings (SSSR count). The second-order valence-electron chi connectivity index (χ2n) is 6.01. The summed E-state index contributed by atoms with van der Waals surface area (Å²) in [4.78, 5) is 0. The number of hydrogen-bond donors (Lipinski definition) is 1. The molecule has 1 fully saturated rings. The Morgan fingerprint density at radius 2 is 1.70 bits per heavy atom. The first kappa shape index (κ1) is 15.3. The molecule has 1 aromatic carbocycles. The second kappa shape index (κ2) is 7.05. The largest absolute Gasteiger partial charge is 0.508 e. The fourth-order valence-corrected chi connectivity index (χ4v) is 3.28. The SMILES string of the molecule is CCCC1CCC(C(F)C(F)c2ccc(O)cc2)CC1. The Balaban J connectivity index is 1.91. The summed E-state index contributed by atoms with van der Waals surface area (Å²) < 4.78 is 28.6. The fourth-order valence-electron chi connectivity index (χ4n) is 3.28. The number of alkyl halides is 2. The molecule has 0 aliphatic heterocycles. The lowest BCUT2D eigenvalue weighted by Gasteiger charge is -2.31. The molecule has 1 N–H and O–H groups in total. The molecule has 2 atom stereocenters. The number of rotatable bonds is 5. The molecule has 0 amide bonds. The molecular weight excluding hydrogens is 258 g/mol. The molecular formula is C17H24F2O. The van der Waals surface area contributed by atoms with Gasteiger partial charge in [-0.2, -0.15) is 0 Å². The van der Waals surface area contributed by atoms with Crippen molar-refractivity contribution < 1.29 is 13.9 Å². The maximum atomic E-state index is 14.3. The first-order valence-electron chi connectivity index (χ1n) is 7.69. The molecule has 0 heterocycles. The van der Waals surface area contributed by atoms with Crippen LogP contribution >= 0.6 is 0 Å². The molecule has 0 radical (unpaired) electrons. The van der Waals surface area contributed by atoms with Gasteiger partial charge in [-0.15, -0.1) is 0 Å². The van der Waals surface area contributed by atoms with E-state index >= 15 is 0 Å². The Kier molecular flexibility index (Phi) is 5.38. The fraction of sp³-hybridized carbons (Fsp3) is 0.647. The van der Waals surface area contributed by atoms with Gasteiger partial charge >= 0.3 is 0 Å². The van der Waals surface area contributed by atoms with Crippen molar-refractivity contribution in [2.24, 2.45) is 11.8 Å². The van der Waals surface area contributed by atoms with E-state index in [9.17, 15) is 13.9 Å². The topological polar surface area (TPSA) is 20.2 Å². The first-order valence-corrected chi connectivity index (χ1v) is 7.69. The minimum atomic E-state index is -1.58. The smallest absolute Gasteiger partial charge is 0.156 e. The van der Waals surface area contributed by atoms with Crippen molar-refractivity contribution in [1.82, 2.24) is 0 Å². The van der Waals surface area contributed by atoms with Gasteiger partial charge in [0.1, 0.15) is 11.9 Å². The molecule has 1 aliphatic rings. The Labute approximate surface area is 120 Å². The van der Waals surface area contributed by atoms with Crippen molar-refractivity contribution in [3.05, 3.63) is 29.8 Å². The van der Waals surface area contributed by atoms with Gasteiger partial charge in [0, 0.05) is 0 Å². The minimum Gasteiger partial charge on any atom is -0.508 e. The number of hydrogen-bond acceptors (Lipinski definition) is 1. The van der Waals surface area contributed by atoms with Gasteiger partial charge in [-0.3, -0.25) is 0 Å². The summed E-state index contributed by atoms with van der Waals surface area (Å²) in [6, 6.07) is 5.75. The standard InChI is InChI=1S/C17H24F2O/c1-2-3-12-4-6-13(7-5-12)16(18)17(19)14-8-10-15(20)11-9-14/h8-13,16-17,20H,2-7H2,1H3. The molecule has 20 heavy (non-hydrogen) atoms. The molecule has 1 nitrogen and oxygen atoms in total. The van der Waals surface area contributed by atoms with Crippen molar-refractivity contribution in [2.75, 3.05) is 0 Å². The molecule has 1 saturated carbocycles. The number of aromatic hydroxyl groups is 1. The average Bonchev–Trinajstić information content (AvgIpc) is 2.48. The molecule has 1 aromatic rings. The van der Waals surface area contributed by atoms with E-state index in [1.807, 2.05) is 0 Å². The van der Waals surface area contributed by atoms with E-state index in [4.69, 9.17) is 0 Å². The van der Waals surface area contributed by atoms with E-state index in [1.54, 1.807) is 0 Å². The zero-order chi connectivity index (χ0) is 14.5. The summed E-state index contributed by atoms with van der Waals surface area (Å²) >= 11 is 0. The number of halogens is 2. The van der Waals surface area contributed by atoms with Gasteiger partial charge in [0.05, 0.1) is 0 Å². The van der Waals surface area contributed by atoms with E-state index in [0.29, 0.717) is 11.5 Å². The molecule has 0 aromatic heterocycles. The van der Waals surface area contributed by atoms with Crippen molar-refractivity contribution in [1.29, 1.82) is 0 Å². The Hall–Kier alpha value is -1.12. The highest BCUT2D eigenvalue weighted by atomic mass is 19.2. The predicted octanol–water partition coefficient (Wildman–Crippen LogP) is 5.35. The summed E-state index contributed by atoms with van der Waals surface area (Å²) in [6.07, 6.45) is 3.02. The van der Waals surface area contributed by atoms with Crippen LogP contribution in [-0.2, 0) is 0 Å². The van der Waals surface area contributed by atoms with Gasteiger partial charge in [0.15, 0.2) is 6.17 Å². The van der Waals surface area contributed by atoms with E-state index in [1.165, 1.54) is 37.1 Å². The monoisotopic (exact) mass is 282 g/mol. The lowest BCUT2D eigenvalue weighted by molar-refractivity contribution is 0.0766. The zero-order valence-corrected chi connectivity index (χ0v) is 12.1. The van der Waals surface area contributed by atoms with Crippen LogP contribution in [0.15, 0.2) is 24.3 Å². The Bertz CT molecular complexity index is 396. The minimum absolute atomic E-state index is 0.0800. The number of phenols is 1. The van der Waals surface area contributed by atoms with Crippen LogP contribution in [0.1, 0.15) is 57.2 Å². The summed E-state index contributed by atoms with van der Waals surface area (Å²) in [6.45, 7) is 2.17. The quantitative estimate of drug-likeness (QED) is 0.772. The van der Waals surface area contributed by atoms with Crippen molar-refractivity contribution in [3.8, 4) is 5.75 Å². The first-order chi connectivity index (χ1) is 9.61. The van der Waals surface area contributed by atoms with Gasteiger partial charge in [-0.05, 0) is 42.4 Å². The Morgan fingerprint density at radius 1 is 1.10 bits per heavy atom. The zero-order valence-electron chi connectivity index (χ0n) is 12.1. The van der Waals surface area contributed by atoms with Gasteiger partial charge in [0.2, 0.25) is 0 Å². The van der Waals surface area contributed by atoms with E-state index in [-0.39, 0.29) is 11.7 Å². The third kappa shape index (κ3) is 3.71. The lowest BCUT2D eigenvalue weighted by atomic mass is 9.77. The van der Waals surface area contributed by atoms with E-state index < -0.39 is 12.3 Å². The third-order valence-electron chi connectivity index (χ3n) is 4.53. The normalized spacial score (nSPS) is 26.1. The third-order valence-corrected chi connectivity index (χ3v) is 4.53. The van der Waals surface area contributed by atoms with Crippen LogP contribution < -0.4 is 0 Å². The predicted molar refractivity (Wildman–Crippen MR) is 77.2 cm³/mol. The molecule has 2 unspecified atom stereocenters. The lowest BCUT2D eigenvalue weighted by Crippen LogP contribution is -2.26. The summed E-state index contributed by atoms with van der Waals surface area (Å²) in [7, 11) is 0. The molecule has 112 valence electrons. The number of benzene rings is 1. The van der Waals surface area contributed by atoms with Gasteiger partial charge < -0.3 is 5.11 Å². The van der Waals surface area contributed by atoms with Crippen LogP contribution in [0.2, 0.25) is 0 Å². The van der Waals surface area contributed by atoms with E-state index in [2.05, 4.69) is 6.92 Å².